The molecule has 12 atom stereocenters. The summed E-state index contributed by atoms with van der Waals surface area (Å²) in [4.78, 5) is 112. The lowest BCUT2D eigenvalue weighted by Crippen LogP contribution is -2.64. The molecule has 1 aromatic rings. The Balaban J connectivity index is 2.11. The van der Waals surface area contributed by atoms with E-state index in [-0.39, 0.29) is 19.4 Å². The molecule has 0 radical (unpaired) electrons. The van der Waals surface area contributed by atoms with Crippen LogP contribution in [-0.4, -0.2) is 130 Å². The smallest absolute Gasteiger partial charge is 0.248 e. The van der Waals surface area contributed by atoms with Gasteiger partial charge in [0.1, 0.15) is 42.3 Å². The Morgan fingerprint density at radius 3 is 1.53 bits per heavy atom. The van der Waals surface area contributed by atoms with E-state index in [1.54, 1.807) is 65.0 Å². The van der Waals surface area contributed by atoms with Gasteiger partial charge in [0.2, 0.25) is 47.3 Å². The topological polar surface area (TPSA) is 264 Å². The Labute approximate surface area is 352 Å². The molecule has 0 spiro atoms. The fraction of sp³-hybridized carbons (Fsp3) is 0.667. The minimum Gasteiger partial charge on any atom is -0.391 e. The van der Waals surface area contributed by atoms with E-state index in [9.17, 15) is 48.6 Å². The molecule has 2 aliphatic rings. The van der Waals surface area contributed by atoms with Crippen LogP contribution in [0.5, 0.6) is 0 Å². The summed E-state index contributed by atoms with van der Waals surface area (Å²) < 4.78 is 0. The highest BCUT2D eigenvalue weighted by atomic mass is 16.3. The van der Waals surface area contributed by atoms with Crippen molar-refractivity contribution in [3.05, 3.63) is 35.9 Å². The first-order valence-electron chi connectivity index (χ1n) is 21.1. The van der Waals surface area contributed by atoms with Crippen molar-refractivity contribution >= 4 is 47.3 Å². The van der Waals surface area contributed by atoms with Crippen LogP contribution in [0.1, 0.15) is 93.1 Å². The van der Waals surface area contributed by atoms with Crippen LogP contribution in [0.4, 0.5) is 0 Å². The van der Waals surface area contributed by atoms with E-state index in [0.717, 1.165) is 0 Å². The highest BCUT2D eigenvalue weighted by molar-refractivity contribution is 5.99. The maximum absolute atomic E-state index is 14.1. The molecule has 0 unspecified atom stereocenters. The number of aliphatic hydroxyl groups excluding tert-OH is 2. The Morgan fingerprint density at radius 2 is 1.03 bits per heavy atom. The van der Waals surface area contributed by atoms with Gasteiger partial charge in [-0.15, -0.1) is 0 Å². The van der Waals surface area contributed by atoms with Crippen molar-refractivity contribution in [2.24, 2.45) is 17.8 Å². The SMILES string of the molecule is CC[C@H](C)[C@@H]1NC(=O)CNC(=O)[C@@H]2CCCN2C(=O)[C@H]([C@@H](C)O)NC(=O)[C@H]([C@@H](C)CC)NC(=O)[C@H]([C@@H](C)CC)NC(=O)[C@H]([C@@H](C)O)NC(=O)[C@H](Cc2ccccc2)NC1=O. The van der Waals surface area contributed by atoms with Gasteiger partial charge >= 0.3 is 0 Å². The van der Waals surface area contributed by atoms with Gasteiger partial charge in [0.25, 0.3) is 0 Å². The predicted octanol–water partition coefficient (Wildman–Crippen LogP) is -0.841. The lowest BCUT2D eigenvalue weighted by molar-refractivity contribution is -0.144. The number of amides is 8. The van der Waals surface area contributed by atoms with Crippen LogP contribution < -0.4 is 37.2 Å². The third kappa shape index (κ3) is 13.2. The second-order valence-corrected chi connectivity index (χ2v) is 16.3. The lowest BCUT2D eigenvalue weighted by Gasteiger charge is -2.33. The highest BCUT2D eigenvalue weighted by Crippen LogP contribution is 2.21. The average Bonchev–Trinajstić information content (AvgIpc) is 3.72. The van der Waals surface area contributed by atoms with E-state index < -0.39 is 126 Å². The predicted molar refractivity (Wildman–Crippen MR) is 221 cm³/mol. The average molecular weight is 843 g/mol. The number of rotatable bonds is 10. The second-order valence-electron chi connectivity index (χ2n) is 16.3. The molecular weight excluding hydrogens is 777 g/mol. The van der Waals surface area contributed by atoms with Crippen molar-refractivity contribution < 1.29 is 48.6 Å². The first-order valence-corrected chi connectivity index (χ1v) is 21.1. The standard InChI is InChI=1S/C42H66N8O10/c1-9-22(4)31-38(56)44-28(20-27-16-13-12-14-17-27)36(54)48-34(25(7)51)41(59)47-32(23(5)10-2)39(57)46-33(24(6)11-3)40(58)49-35(26(8)52)42(60)50-19-15-18-29(50)37(55)43-21-30(53)45-31/h12-14,16-17,22-26,28-29,31-35,51-52H,9-11,15,18-21H2,1-8H3,(H,43,55)(H,44,56)(H,45,53)(H,46,57)(H,47,59)(H,48,54)(H,49,58)/t22-,23-,24-,25+,26+,28-,29-,31-,32-,33-,34-,35-/m0/s1. The van der Waals surface area contributed by atoms with Gasteiger partial charge in [-0.1, -0.05) is 91.1 Å². The summed E-state index contributed by atoms with van der Waals surface area (Å²) >= 11 is 0. The first-order chi connectivity index (χ1) is 28.3. The Bertz CT molecular complexity index is 1680. The first kappa shape index (κ1) is 49.3. The van der Waals surface area contributed by atoms with E-state index in [1.807, 2.05) is 6.92 Å². The van der Waals surface area contributed by atoms with Crippen LogP contribution in [0.3, 0.4) is 0 Å². The molecule has 8 amide bonds. The van der Waals surface area contributed by atoms with E-state index in [0.29, 0.717) is 31.2 Å². The summed E-state index contributed by atoms with van der Waals surface area (Å²) in [6.07, 6.45) is -1.02. The zero-order valence-electron chi connectivity index (χ0n) is 36.1. The fourth-order valence-corrected chi connectivity index (χ4v) is 7.19. The summed E-state index contributed by atoms with van der Waals surface area (Å²) in [5.41, 5.74) is 0.656. The largest absolute Gasteiger partial charge is 0.391 e. The quantitative estimate of drug-likeness (QED) is 0.141. The summed E-state index contributed by atoms with van der Waals surface area (Å²) in [6.45, 7) is 12.7. The molecule has 3 rings (SSSR count). The summed E-state index contributed by atoms with van der Waals surface area (Å²) in [7, 11) is 0. The number of hydrogen-bond acceptors (Lipinski definition) is 10. The molecule has 60 heavy (non-hydrogen) atoms. The van der Waals surface area contributed by atoms with Crippen LogP contribution in [0.15, 0.2) is 30.3 Å². The van der Waals surface area contributed by atoms with E-state index in [1.165, 1.54) is 18.7 Å². The second kappa shape index (κ2) is 23.0. The summed E-state index contributed by atoms with van der Waals surface area (Å²) in [5.74, 6) is -7.54. The van der Waals surface area contributed by atoms with Gasteiger partial charge in [-0.3, -0.25) is 38.4 Å². The van der Waals surface area contributed by atoms with Crippen LogP contribution in [-0.2, 0) is 44.8 Å². The summed E-state index contributed by atoms with van der Waals surface area (Å²) in [6, 6.07) is -0.355. The van der Waals surface area contributed by atoms with Crippen LogP contribution in [0, 0.1) is 17.8 Å². The van der Waals surface area contributed by atoms with Crippen LogP contribution >= 0.6 is 0 Å². The monoisotopic (exact) mass is 842 g/mol. The molecule has 0 saturated carbocycles. The minimum atomic E-state index is -1.60. The van der Waals surface area contributed by atoms with E-state index >= 15 is 0 Å². The van der Waals surface area contributed by atoms with Crippen molar-refractivity contribution in [3.8, 4) is 0 Å². The van der Waals surface area contributed by atoms with Gasteiger partial charge in [0, 0.05) is 13.0 Å². The molecule has 334 valence electrons. The molecule has 2 saturated heterocycles. The number of benzene rings is 1. The number of nitrogens with one attached hydrogen (secondary N) is 7. The van der Waals surface area contributed by atoms with Gasteiger partial charge < -0.3 is 52.3 Å². The Hall–Kier alpha value is -5.10. The molecular formula is C42H66N8O10. The molecule has 2 aliphatic heterocycles. The number of aliphatic hydroxyl groups is 2. The molecule has 9 N–H and O–H groups in total. The normalized spacial score (nSPS) is 28.5. The van der Waals surface area contributed by atoms with Gasteiger partial charge in [0.15, 0.2) is 0 Å². The van der Waals surface area contributed by atoms with Crippen molar-refractivity contribution in [1.82, 2.24) is 42.1 Å². The Kier molecular flexibility index (Phi) is 18.9. The molecule has 18 nitrogen and oxygen atoms in total. The lowest BCUT2D eigenvalue weighted by atomic mass is 9.94. The molecule has 18 heteroatoms. The van der Waals surface area contributed by atoms with Crippen molar-refractivity contribution in [1.29, 1.82) is 0 Å². The third-order valence-corrected chi connectivity index (χ3v) is 11.7. The maximum atomic E-state index is 14.1. The molecule has 2 fully saturated rings. The Morgan fingerprint density at radius 1 is 0.583 bits per heavy atom. The number of nitrogens with zero attached hydrogens (tertiary/aromatic N) is 1. The number of carbonyl (C=O) groups excluding carboxylic acids is 8. The van der Waals surface area contributed by atoms with E-state index in [2.05, 4.69) is 37.2 Å². The minimum absolute atomic E-state index is 0.0344. The van der Waals surface area contributed by atoms with Crippen molar-refractivity contribution in [3.63, 3.8) is 0 Å². The van der Waals surface area contributed by atoms with E-state index in [4.69, 9.17) is 0 Å². The van der Waals surface area contributed by atoms with Crippen LogP contribution in [0.2, 0.25) is 0 Å². The fourth-order valence-electron chi connectivity index (χ4n) is 7.19. The zero-order valence-corrected chi connectivity index (χ0v) is 36.1. The maximum Gasteiger partial charge on any atom is 0.248 e. The molecule has 0 bridgehead atoms. The summed E-state index contributed by atoms with van der Waals surface area (Å²) in [5, 5.41) is 40.0. The molecule has 0 aromatic heterocycles. The number of hydrogen-bond donors (Lipinski definition) is 9. The highest BCUT2D eigenvalue weighted by Gasteiger charge is 2.42. The van der Waals surface area contributed by atoms with Gasteiger partial charge in [-0.05, 0) is 50.0 Å². The van der Waals surface area contributed by atoms with Crippen molar-refractivity contribution in [2.75, 3.05) is 13.1 Å². The number of fused-ring (bicyclic) bond motifs is 1. The van der Waals surface area contributed by atoms with Gasteiger partial charge in [0.05, 0.1) is 18.8 Å². The van der Waals surface area contributed by atoms with Gasteiger partial charge in [-0.2, -0.15) is 0 Å². The molecule has 2 heterocycles. The zero-order chi connectivity index (χ0) is 44.8. The third-order valence-electron chi connectivity index (χ3n) is 11.7. The molecule has 0 aliphatic carbocycles. The van der Waals surface area contributed by atoms with Crippen molar-refractivity contribution in [2.45, 2.75) is 148 Å². The molecule has 1 aromatic carbocycles. The number of carbonyl (C=O) groups is 8. The van der Waals surface area contributed by atoms with Crippen LogP contribution in [0.25, 0.3) is 0 Å². The van der Waals surface area contributed by atoms with Gasteiger partial charge in [-0.25, -0.2) is 0 Å².